The number of ether oxygens (including phenoxy) is 1. The number of esters is 1. The third kappa shape index (κ3) is 2.52. The number of furan rings is 1. The Morgan fingerprint density at radius 1 is 1.25 bits per heavy atom. The highest BCUT2D eigenvalue weighted by Crippen LogP contribution is 2.48. The van der Waals surface area contributed by atoms with Crippen LogP contribution in [-0.4, -0.2) is 23.3 Å². The lowest BCUT2D eigenvalue weighted by atomic mass is 10.1. The van der Waals surface area contributed by atoms with Crippen LogP contribution in [0.1, 0.15) is 34.2 Å². The van der Waals surface area contributed by atoms with Crippen LogP contribution in [0.4, 0.5) is 0 Å². The van der Waals surface area contributed by atoms with E-state index in [0.29, 0.717) is 12.0 Å². The molecule has 2 heterocycles. The van der Waals surface area contributed by atoms with Crippen molar-refractivity contribution in [3.63, 3.8) is 0 Å². The van der Waals surface area contributed by atoms with Crippen molar-refractivity contribution >= 4 is 22.7 Å². The zero-order valence-electron chi connectivity index (χ0n) is 13.2. The molecule has 1 N–H and O–H groups in total. The van der Waals surface area contributed by atoms with Crippen molar-refractivity contribution < 1.29 is 18.7 Å². The molecule has 0 unspecified atom stereocenters. The van der Waals surface area contributed by atoms with Crippen molar-refractivity contribution in [2.24, 2.45) is 5.92 Å². The first-order valence-corrected chi connectivity index (χ1v) is 7.95. The van der Waals surface area contributed by atoms with Crippen LogP contribution < -0.4 is 0 Å². The van der Waals surface area contributed by atoms with Gasteiger partial charge in [0.1, 0.15) is 5.76 Å². The van der Waals surface area contributed by atoms with E-state index in [9.17, 15) is 9.59 Å². The molecule has 1 saturated carbocycles. The Labute approximate surface area is 138 Å². The number of aromatic amines is 1. The SMILES string of the molecule is Cc1[nH]c2ccccc2c1C(=O)COC(=O)[C@H]1C[C@@H]1c1ccco1. The van der Waals surface area contributed by atoms with Gasteiger partial charge in [-0.2, -0.15) is 0 Å². The fourth-order valence-corrected chi connectivity index (χ4v) is 3.22. The standard InChI is InChI=1S/C19H17NO4/c1-11-18(12-5-2-3-6-15(12)20-11)16(21)10-24-19(22)14-9-13(14)17-7-4-8-23-17/h2-8,13-14,20H,9-10H2,1H3/t13-,14-/m0/s1. The number of hydrogen-bond donors (Lipinski definition) is 1. The van der Waals surface area contributed by atoms with Crippen LogP contribution in [0.15, 0.2) is 47.1 Å². The number of nitrogens with one attached hydrogen (secondary N) is 1. The maximum absolute atomic E-state index is 12.5. The van der Waals surface area contributed by atoms with Crippen LogP contribution >= 0.6 is 0 Å². The summed E-state index contributed by atoms with van der Waals surface area (Å²) in [5, 5.41) is 0.857. The summed E-state index contributed by atoms with van der Waals surface area (Å²) in [6.07, 6.45) is 2.31. The summed E-state index contributed by atoms with van der Waals surface area (Å²) in [5.41, 5.74) is 2.29. The Morgan fingerprint density at radius 3 is 2.88 bits per heavy atom. The molecule has 5 nitrogen and oxygen atoms in total. The lowest BCUT2D eigenvalue weighted by Gasteiger charge is -2.04. The molecule has 24 heavy (non-hydrogen) atoms. The monoisotopic (exact) mass is 323 g/mol. The Bertz CT molecular complexity index is 907. The number of carbonyl (C=O) groups excluding carboxylic acids is 2. The molecule has 0 aliphatic heterocycles. The first-order valence-electron chi connectivity index (χ1n) is 7.95. The number of hydrogen-bond acceptors (Lipinski definition) is 4. The second-order valence-electron chi connectivity index (χ2n) is 6.17. The fourth-order valence-electron chi connectivity index (χ4n) is 3.22. The number of rotatable bonds is 5. The van der Waals surface area contributed by atoms with Crippen molar-refractivity contribution in [1.82, 2.24) is 4.98 Å². The van der Waals surface area contributed by atoms with Crippen LogP contribution in [0.2, 0.25) is 0 Å². The van der Waals surface area contributed by atoms with E-state index >= 15 is 0 Å². The summed E-state index contributed by atoms with van der Waals surface area (Å²) in [7, 11) is 0. The molecule has 1 aliphatic carbocycles. The van der Waals surface area contributed by atoms with Gasteiger partial charge in [-0.3, -0.25) is 9.59 Å². The first-order chi connectivity index (χ1) is 11.6. The van der Waals surface area contributed by atoms with Crippen molar-refractivity contribution in [3.8, 4) is 0 Å². The van der Waals surface area contributed by atoms with Gasteiger partial charge in [0, 0.05) is 28.1 Å². The number of aryl methyl sites for hydroxylation is 1. The number of ketones is 1. The zero-order valence-corrected chi connectivity index (χ0v) is 13.2. The van der Waals surface area contributed by atoms with E-state index in [1.54, 1.807) is 12.3 Å². The molecule has 4 rings (SSSR count). The number of benzene rings is 1. The van der Waals surface area contributed by atoms with Gasteiger partial charge in [0.25, 0.3) is 0 Å². The van der Waals surface area contributed by atoms with Crippen molar-refractivity contribution in [2.45, 2.75) is 19.3 Å². The molecule has 0 radical (unpaired) electrons. The Morgan fingerprint density at radius 2 is 2.08 bits per heavy atom. The third-order valence-electron chi connectivity index (χ3n) is 4.52. The predicted molar refractivity (Wildman–Crippen MR) is 87.9 cm³/mol. The number of aromatic nitrogens is 1. The second-order valence-corrected chi connectivity index (χ2v) is 6.17. The van der Waals surface area contributed by atoms with Gasteiger partial charge in [-0.05, 0) is 31.5 Å². The number of Topliss-reactive ketones (excluding diaryl/α,β-unsaturated/α-hetero) is 1. The van der Waals surface area contributed by atoms with E-state index in [2.05, 4.69) is 4.98 Å². The minimum Gasteiger partial charge on any atom is -0.469 e. The normalized spacial score (nSPS) is 19.4. The summed E-state index contributed by atoms with van der Waals surface area (Å²) >= 11 is 0. The van der Waals surface area contributed by atoms with Crippen LogP contribution in [0.25, 0.3) is 10.9 Å². The summed E-state index contributed by atoms with van der Waals surface area (Å²) in [5.74, 6) is 0.164. The Kier molecular flexibility index (Phi) is 3.49. The molecular formula is C19H17NO4. The topological polar surface area (TPSA) is 72.3 Å². The minimum atomic E-state index is -0.331. The molecule has 2 aromatic heterocycles. The van der Waals surface area contributed by atoms with Gasteiger partial charge in [0.15, 0.2) is 6.61 Å². The highest BCUT2D eigenvalue weighted by molar-refractivity contribution is 6.10. The van der Waals surface area contributed by atoms with Gasteiger partial charge in [0.2, 0.25) is 5.78 Å². The summed E-state index contributed by atoms with van der Waals surface area (Å²) in [6.45, 7) is 1.62. The van der Waals surface area contributed by atoms with Crippen LogP contribution in [-0.2, 0) is 9.53 Å². The van der Waals surface area contributed by atoms with Crippen molar-refractivity contribution in [3.05, 3.63) is 59.7 Å². The number of carbonyl (C=O) groups is 2. The third-order valence-corrected chi connectivity index (χ3v) is 4.52. The maximum atomic E-state index is 12.5. The van der Waals surface area contributed by atoms with E-state index in [0.717, 1.165) is 22.4 Å². The fraction of sp³-hybridized carbons (Fsp3) is 0.263. The molecule has 0 spiro atoms. The molecule has 1 fully saturated rings. The highest BCUT2D eigenvalue weighted by atomic mass is 16.5. The van der Waals surface area contributed by atoms with Gasteiger partial charge in [-0.1, -0.05) is 18.2 Å². The first kappa shape index (κ1) is 14.8. The Balaban J connectivity index is 1.42. The highest BCUT2D eigenvalue weighted by Gasteiger charge is 2.47. The number of fused-ring (bicyclic) bond motifs is 1. The van der Waals surface area contributed by atoms with E-state index < -0.39 is 0 Å². The van der Waals surface area contributed by atoms with Gasteiger partial charge in [0.05, 0.1) is 12.2 Å². The van der Waals surface area contributed by atoms with Crippen LogP contribution in [0, 0.1) is 12.8 Å². The van der Waals surface area contributed by atoms with Gasteiger partial charge in [-0.15, -0.1) is 0 Å². The van der Waals surface area contributed by atoms with Gasteiger partial charge in [-0.25, -0.2) is 0 Å². The molecular weight excluding hydrogens is 306 g/mol. The van der Waals surface area contributed by atoms with Crippen molar-refractivity contribution in [1.29, 1.82) is 0 Å². The lowest BCUT2D eigenvalue weighted by Crippen LogP contribution is -2.16. The van der Waals surface area contributed by atoms with Gasteiger partial charge >= 0.3 is 5.97 Å². The van der Waals surface area contributed by atoms with Gasteiger partial charge < -0.3 is 14.1 Å². The molecule has 0 amide bonds. The minimum absolute atomic E-state index is 0.0810. The maximum Gasteiger partial charge on any atom is 0.310 e. The molecule has 1 aromatic carbocycles. The molecule has 0 saturated heterocycles. The van der Waals surface area contributed by atoms with Crippen molar-refractivity contribution in [2.75, 3.05) is 6.61 Å². The van der Waals surface area contributed by atoms with Crippen LogP contribution in [0.5, 0.6) is 0 Å². The predicted octanol–water partition coefficient (Wildman–Crippen LogP) is 3.60. The molecule has 5 heteroatoms. The molecule has 1 aliphatic rings. The smallest absolute Gasteiger partial charge is 0.310 e. The molecule has 0 bridgehead atoms. The average Bonchev–Trinajstić information content (AvgIpc) is 3.04. The largest absolute Gasteiger partial charge is 0.469 e. The number of para-hydroxylation sites is 1. The molecule has 2 atom stereocenters. The Hall–Kier alpha value is -2.82. The average molecular weight is 323 g/mol. The molecule has 122 valence electrons. The molecule has 3 aromatic rings. The van der Waals surface area contributed by atoms with E-state index in [1.807, 2.05) is 37.3 Å². The van der Waals surface area contributed by atoms with E-state index in [1.165, 1.54) is 0 Å². The summed E-state index contributed by atoms with van der Waals surface area (Å²) < 4.78 is 10.5. The summed E-state index contributed by atoms with van der Waals surface area (Å²) in [6, 6.07) is 11.3. The second kappa shape index (κ2) is 5.67. The summed E-state index contributed by atoms with van der Waals surface area (Å²) in [4.78, 5) is 27.8. The quantitative estimate of drug-likeness (QED) is 0.575. The van der Waals surface area contributed by atoms with Crippen LogP contribution in [0.3, 0.4) is 0 Å². The number of H-pyrrole nitrogens is 1. The zero-order chi connectivity index (χ0) is 16.7. The van der Waals surface area contributed by atoms with E-state index in [4.69, 9.17) is 9.15 Å². The lowest BCUT2D eigenvalue weighted by molar-refractivity contribution is -0.144. The van der Waals surface area contributed by atoms with E-state index in [-0.39, 0.29) is 30.2 Å².